The van der Waals surface area contributed by atoms with E-state index in [9.17, 15) is 4.39 Å². The monoisotopic (exact) mass is 314 g/mol. The maximum absolute atomic E-state index is 13.1. The van der Waals surface area contributed by atoms with E-state index < -0.39 is 0 Å². The molecule has 0 unspecified atom stereocenters. The summed E-state index contributed by atoms with van der Waals surface area (Å²) in [5, 5.41) is 0. The molecule has 0 fully saturated rings. The van der Waals surface area contributed by atoms with Crippen LogP contribution in [0.1, 0.15) is 5.56 Å². The van der Waals surface area contributed by atoms with E-state index in [1.54, 1.807) is 12.1 Å². The van der Waals surface area contributed by atoms with Crippen molar-refractivity contribution in [3.05, 3.63) is 91.0 Å². The van der Waals surface area contributed by atoms with Crippen LogP contribution in [0.15, 0.2) is 79.6 Å². The molecule has 0 amide bonds. The van der Waals surface area contributed by atoms with E-state index in [4.69, 9.17) is 0 Å². The summed E-state index contributed by atoms with van der Waals surface area (Å²) in [5.74, 6) is -0.231. The Morgan fingerprint density at radius 1 is 0.917 bits per heavy atom. The lowest BCUT2D eigenvalue weighted by molar-refractivity contribution is 0.628. The Kier molecular flexibility index (Phi) is 3.47. The van der Waals surface area contributed by atoms with Crippen LogP contribution in [0, 0.1) is 5.82 Å². The van der Waals surface area contributed by atoms with Gasteiger partial charge in [0.2, 0.25) is 0 Å². The van der Waals surface area contributed by atoms with Crippen LogP contribution in [0.2, 0.25) is 0 Å². The zero-order valence-electron chi connectivity index (χ0n) is 13.0. The van der Waals surface area contributed by atoms with Crippen molar-refractivity contribution in [2.75, 3.05) is 0 Å². The third-order valence-electron chi connectivity index (χ3n) is 4.11. The Morgan fingerprint density at radius 2 is 1.75 bits per heavy atom. The molecule has 24 heavy (non-hydrogen) atoms. The highest BCUT2D eigenvalue weighted by Gasteiger charge is 2.08. The highest BCUT2D eigenvalue weighted by molar-refractivity contribution is 5.71. The van der Waals surface area contributed by atoms with Crippen LogP contribution in [0.3, 0.4) is 0 Å². The fourth-order valence-electron chi connectivity index (χ4n) is 2.84. The first-order valence-electron chi connectivity index (χ1n) is 7.70. The number of rotatable bonds is 3. The Hall–Kier alpha value is -3.20. The number of fused-ring (bicyclic) bond motifs is 1. The maximum Gasteiger partial charge on any atom is 0.137 e. The van der Waals surface area contributed by atoms with Gasteiger partial charge in [-0.25, -0.2) is 9.37 Å². The van der Waals surface area contributed by atoms with Crippen LogP contribution in [0.4, 0.5) is 4.39 Å². The first-order valence-corrected chi connectivity index (χ1v) is 7.70. The van der Waals surface area contributed by atoms with E-state index in [1.165, 1.54) is 12.1 Å². The molecule has 0 saturated carbocycles. The lowest BCUT2D eigenvalue weighted by atomic mass is 10.1. The molecule has 2 nitrogen and oxygen atoms in total. The number of nitrogens with zero attached hydrogens (tertiary/aromatic N) is 2. The maximum atomic E-state index is 13.1. The van der Waals surface area contributed by atoms with E-state index in [0.717, 1.165) is 33.6 Å². The van der Waals surface area contributed by atoms with Crippen LogP contribution in [0.5, 0.6) is 0 Å². The highest BCUT2D eigenvalue weighted by atomic mass is 19.1. The predicted octanol–water partition coefficient (Wildman–Crippen LogP) is 5.45. The fraction of sp³-hybridized carbons (Fsp3) is 0. The molecule has 0 radical (unpaired) electrons. The molecule has 2 aromatic heterocycles. The van der Waals surface area contributed by atoms with Gasteiger partial charge in [0.25, 0.3) is 0 Å². The van der Waals surface area contributed by atoms with Gasteiger partial charge in [-0.3, -0.25) is 4.40 Å². The predicted molar refractivity (Wildman–Crippen MR) is 96.1 cm³/mol. The second kappa shape index (κ2) is 5.78. The number of imidazole rings is 1. The number of halogens is 1. The summed E-state index contributed by atoms with van der Waals surface area (Å²) < 4.78 is 15.1. The number of pyridine rings is 1. The third-order valence-corrected chi connectivity index (χ3v) is 4.11. The third kappa shape index (κ3) is 2.50. The number of hydrogen-bond donors (Lipinski definition) is 0. The number of benzene rings is 2. The summed E-state index contributed by atoms with van der Waals surface area (Å²) in [5.41, 5.74) is 6.03. The summed E-state index contributed by atoms with van der Waals surface area (Å²) >= 11 is 0. The minimum Gasteiger partial charge on any atom is -0.300 e. The summed E-state index contributed by atoms with van der Waals surface area (Å²) in [4.78, 5) is 4.52. The van der Waals surface area contributed by atoms with Crippen molar-refractivity contribution < 1.29 is 4.39 Å². The van der Waals surface area contributed by atoms with Gasteiger partial charge < -0.3 is 0 Å². The molecule has 0 spiro atoms. The SMILES string of the molecule is C=Cc1cccc(-c2cnc3cc(-c4ccc(F)cc4)ccn23)c1. The Labute approximate surface area is 139 Å². The smallest absolute Gasteiger partial charge is 0.137 e. The van der Waals surface area contributed by atoms with E-state index in [2.05, 4.69) is 28.1 Å². The average Bonchev–Trinajstić information content (AvgIpc) is 3.05. The Bertz CT molecular complexity index is 1030. The van der Waals surface area contributed by atoms with E-state index >= 15 is 0 Å². The lowest BCUT2D eigenvalue weighted by Gasteiger charge is -2.06. The van der Waals surface area contributed by atoms with E-state index in [1.807, 2.05) is 42.7 Å². The molecule has 2 aromatic carbocycles. The van der Waals surface area contributed by atoms with Crippen molar-refractivity contribution in [1.29, 1.82) is 0 Å². The van der Waals surface area contributed by atoms with Gasteiger partial charge in [-0.2, -0.15) is 0 Å². The molecule has 0 aliphatic heterocycles. The second-order valence-electron chi connectivity index (χ2n) is 5.62. The lowest BCUT2D eigenvalue weighted by Crippen LogP contribution is -1.89. The van der Waals surface area contributed by atoms with Gasteiger partial charge in [0.05, 0.1) is 11.9 Å². The van der Waals surface area contributed by atoms with Crippen molar-refractivity contribution in [2.24, 2.45) is 0 Å². The van der Waals surface area contributed by atoms with Gasteiger partial charge in [0.1, 0.15) is 11.5 Å². The standard InChI is InChI=1S/C21H15FN2/c1-2-15-4-3-5-18(12-15)20-14-23-21-13-17(10-11-24(20)21)16-6-8-19(22)9-7-16/h2-14H,1H2. The normalized spacial score (nSPS) is 10.9. The zero-order chi connectivity index (χ0) is 16.5. The van der Waals surface area contributed by atoms with E-state index in [0.29, 0.717) is 0 Å². The van der Waals surface area contributed by atoms with Gasteiger partial charge >= 0.3 is 0 Å². The molecular formula is C21H15FN2. The number of hydrogen-bond acceptors (Lipinski definition) is 1. The van der Waals surface area contributed by atoms with Crippen molar-refractivity contribution in [1.82, 2.24) is 9.38 Å². The zero-order valence-corrected chi connectivity index (χ0v) is 13.0. The molecule has 2 heterocycles. The van der Waals surface area contributed by atoms with E-state index in [-0.39, 0.29) is 5.82 Å². The largest absolute Gasteiger partial charge is 0.300 e. The summed E-state index contributed by atoms with van der Waals surface area (Å²) in [7, 11) is 0. The van der Waals surface area contributed by atoms with Crippen LogP contribution in [0.25, 0.3) is 34.1 Å². The topological polar surface area (TPSA) is 17.3 Å². The Balaban J connectivity index is 1.80. The highest BCUT2D eigenvalue weighted by Crippen LogP contribution is 2.26. The van der Waals surface area contributed by atoms with Crippen LogP contribution in [-0.4, -0.2) is 9.38 Å². The van der Waals surface area contributed by atoms with Gasteiger partial charge in [0, 0.05) is 11.8 Å². The van der Waals surface area contributed by atoms with Gasteiger partial charge in [-0.05, 0) is 47.0 Å². The summed E-state index contributed by atoms with van der Waals surface area (Å²) in [6, 6.07) is 18.7. The van der Waals surface area contributed by atoms with Crippen molar-refractivity contribution in [3.8, 4) is 22.4 Å². The summed E-state index contributed by atoms with van der Waals surface area (Å²) in [6.07, 6.45) is 5.70. The Morgan fingerprint density at radius 3 is 2.54 bits per heavy atom. The molecular weight excluding hydrogens is 299 g/mol. The van der Waals surface area contributed by atoms with Crippen LogP contribution >= 0.6 is 0 Å². The fourth-order valence-corrected chi connectivity index (χ4v) is 2.84. The van der Waals surface area contributed by atoms with Crippen molar-refractivity contribution in [3.63, 3.8) is 0 Å². The average molecular weight is 314 g/mol. The molecule has 116 valence electrons. The second-order valence-corrected chi connectivity index (χ2v) is 5.62. The first kappa shape index (κ1) is 14.4. The van der Waals surface area contributed by atoms with Gasteiger partial charge in [-0.1, -0.05) is 43.0 Å². The molecule has 0 aliphatic rings. The number of aromatic nitrogens is 2. The quantitative estimate of drug-likeness (QED) is 0.491. The molecule has 4 rings (SSSR count). The minimum atomic E-state index is -0.231. The minimum absolute atomic E-state index is 0.231. The van der Waals surface area contributed by atoms with Gasteiger partial charge in [0.15, 0.2) is 0 Å². The van der Waals surface area contributed by atoms with Crippen LogP contribution in [-0.2, 0) is 0 Å². The molecule has 0 N–H and O–H groups in total. The molecule has 0 atom stereocenters. The van der Waals surface area contributed by atoms with Crippen molar-refractivity contribution >= 4 is 11.7 Å². The van der Waals surface area contributed by atoms with Crippen molar-refractivity contribution in [2.45, 2.75) is 0 Å². The molecule has 0 aliphatic carbocycles. The van der Waals surface area contributed by atoms with Crippen LogP contribution < -0.4 is 0 Å². The molecule has 3 heteroatoms. The summed E-state index contributed by atoms with van der Waals surface area (Å²) in [6.45, 7) is 3.82. The van der Waals surface area contributed by atoms with Gasteiger partial charge in [-0.15, -0.1) is 0 Å². The first-order chi connectivity index (χ1) is 11.7. The molecule has 0 saturated heterocycles. The molecule has 0 bridgehead atoms. The molecule has 4 aromatic rings.